The van der Waals surface area contributed by atoms with Crippen LogP contribution < -0.4 is 5.32 Å². The van der Waals surface area contributed by atoms with Crippen LogP contribution in [0.15, 0.2) is 27.6 Å². The Bertz CT molecular complexity index is 601. The van der Waals surface area contributed by atoms with Gasteiger partial charge in [0.1, 0.15) is 0 Å². The van der Waals surface area contributed by atoms with Crippen LogP contribution in [0.4, 0.5) is 0 Å². The first-order valence-electron chi connectivity index (χ1n) is 5.89. The van der Waals surface area contributed by atoms with Crippen molar-refractivity contribution in [3.8, 4) is 0 Å². The molecule has 1 saturated heterocycles. The third kappa shape index (κ3) is 3.94. The highest BCUT2D eigenvalue weighted by Crippen LogP contribution is 2.23. The van der Waals surface area contributed by atoms with Gasteiger partial charge in [-0.25, -0.2) is 8.42 Å². The first-order valence-corrected chi connectivity index (χ1v) is 8.57. The summed E-state index contributed by atoms with van der Waals surface area (Å²) < 4.78 is 23.4. The Morgan fingerprint density at radius 2 is 1.90 bits per heavy atom. The smallest absolute Gasteiger partial charge is 0.253 e. The number of amides is 1. The second kappa shape index (κ2) is 6.89. The molecule has 1 aromatic rings. The predicted molar refractivity (Wildman–Crippen MR) is 83.3 cm³/mol. The van der Waals surface area contributed by atoms with Crippen LogP contribution >= 0.6 is 28.3 Å². The van der Waals surface area contributed by atoms with E-state index in [-0.39, 0.29) is 23.2 Å². The van der Waals surface area contributed by atoms with Crippen LogP contribution in [0.3, 0.4) is 0 Å². The highest BCUT2D eigenvalue weighted by molar-refractivity contribution is 9.10. The molecule has 0 saturated carbocycles. The average Bonchev–Trinajstić information content (AvgIpc) is 2.37. The molecule has 5 nitrogen and oxygen atoms in total. The van der Waals surface area contributed by atoms with Crippen molar-refractivity contribution in [3.63, 3.8) is 0 Å². The van der Waals surface area contributed by atoms with E-state index in [2.05, 4.69) is 21.2 Å². The van der Waals surface area contributed by atoms with E-state index in [1.54, 1.807) is 17.0 Å². The van der Waals surface area contributed by atoms with Crippen LogP contribution in [0.5, 0.6) is 0 Å². The number of piperazine rings is 1. The zero-order valence-electron chi connectivity index (χ0n) is 10.9. The van der Waals surface area contributed by atoms with E-state index in [9.17, 15) is 13.2 Å². The van der Waals surface area contributed by atoms with Crippen LogP contribution in [0.1, 0.15) is 10.4 Å². The molecule has 2 rings (SSSR count). The van der Waals surface area contributed by atoms with Crippen LogP contribution in [-0.2, 0) is 9.84 Å². The van der Waals surface area contributed by atoms with Gasteiger partial charge in [0, 0.05) is 42.5 Å². The molecule has 0 unspecified atom stereocenters. The Morgan fingerprint density at radius 1 is 1.30 bits per heavy atom. The predicted octanol–water partition coefficient (Wildman–Crippen LogP) is 1.32. The minimum Gasteiger partial charge on any atom is -0.336 e. The molecule has 1 aliphatic heterocycles. The molecule has 0 radical (unpaired) electrons. The van der Waals surface area contributed by atoms with Crippen molar-refractivity contribution < 1.29 is 13.2 Å². The maximum atomic E-state index is 12.2. The molecule has 8 heteroatoms. The number of carbonyl (C=O) groups excluding carboxylic acids is 1. The molecule has 0 bridgehead atoms. The molecule has 1 amide bonds. The third-order valence-corrected chi connectivity index (χ3v) is 5.06. The first-order chi connectivity index (χ1) is 8.89. The molecule has 112 valence electrons. The molecule has 1 fully saturated rings. The Balaban J connectivity index is 0.00000200. The van der Waals surface area contributed by atoms with Crippen molar-refractivity contribution in [2.24, 2.45) is 0 Å². The van der Waals surface area contributed by atoms with Gasteiger partial charge >= 0.3 is 0 Å². The molecule has 1 N–H and O–H groups in total. The number of carbonyl (C=O) groups is 1. The van der Waals surface area contributed by atoms with Crippen LogP contribution in [-0.4, -0.2) is 51.7 Å². The second-order valence-corrected chi connectivity index (χ2v) is 7.30. The molecule has 0 spiro atoms. The number of hydrogen-bond acceptors (Lipinski definition) is 4. The van der Waals surface area contributed by atoms with Gasteiger partial charge in [-0.3, -0.25) is 4.79 Å². The second-order valence-electron chi connectivity index (χ2n) is 4.46. The fourth-order valence-electron chi connectivity index (χ4n) is 1.99. The maximum Gasteiger partial charge on any atom is 0.253 e. The summed E-state index contributed by atoms with van der Waals surface area (Å²) in [6.45, 7) is 2.91. The molecule has 0 atom stereocenters. The number of hydrogen-bond donors (Lipinski definition) is 1. The average molecular weight is 384 g/mol. The van der Waals surface area contributed by atoms with Crippen LogP contribution in [0.2, 0.25) is 0 Å². The van der Waals surface area contributed by atoms with Gasteiger partial charge in [0.25, 0.3) is 5.91 Å². The maximum absolute atomic E-state index is 12.2. The van der Waals surface area contributed by atoms with Gasteiger partial charge in [-0.1, -0.05) is 0 Å². The van der Waals surface area contributed by atoms with Crippen LogP contribution in [0.25, 0.3) is 0 Å². The normalized spacial score (nSPS) is 15.6. The summed E-state index contributed by atoms with van der Waals surface area (Å²) in [5, 5.41) is 3.18. The fraction of sp³-hybridized carbons (Fsp3) is 0.417. The summed E-state index contributed by atoms with van der Waals surface area (Å²) in [7, 11) is -3.28. The lowest BCUT2D eigenvalue weighted by Gasteiger charge is -2.27. The first kappa shape index (κ1) is 17.4. The molecule has 1 aliphatic rings. The van der Waals surface area contributed by atoms with Crippen molar-refractivity contribution >= 4 is 44.1 Å². The van der Waals surface area contributed by atoms with Gasteiger partial charge in [0.15, 0.2) is 9.84 Å². The summed E-state index contributed by atoms with van der Waals surface area (Å²) in [6.07, 6.45) is 1.14. The molecular weight excluding hydrogens is 368 g/mol. The van der Waals surface area contributed by atoms with Gasteiger partial charge in [0.2, 0.25) is 0 Å². The van der Waals surface area contributed by atoms with E-state index in [4.69, 9.17) is 0 Å². The van der Waals surface area contributed by atoms with Gasteiger partial charge in [-0.2, -0.15) is 0 Å². The molecule has 1 heterocycles. The van der Waals surface area contributed by atoms with Crippen molar-refractivity contribution in [1.82, 2.24) is 10.2 Å². The molecule has 0 aromatic heterocycles. The highest BCUT2D eigenvalue weighted by Gasteiger charge is 2.20. The number of rotatable bonds is 2. The zero-order valence-corrected chi connectivity index (χ0v) is 14.1. The Kier molecular flexibility index (Phi) is 6.00. The number of benzene rings is 1. The van der Waals surface area contributed by atoms with Crippen LogP contribution in [0, 0.1) is 0 Å². The van der Waals surface area contributed by atoms with Gasteiger partial charge in [-0.05, 0) is 34.1 Å². The number of halogens is 2. The van der Waals surface area contributed by atoms with Crippen molar-refractivity contribution in [1.29, 1.82) is 0 Å². The number of nitrogens with zero attached hydrogens (tertiary/aromatic N) is 1. The summed E-state index contributed by atoms with van der Waals surface area (Å²) in [4.78, 5) is 14.2. The summed E-state index contributed by atoms with van der Waals surface area (Å²) >= 11 is 3.21. The van der Waals surface area contributed by atoms with Gasteiger partial charge in [0.05, 0.1) is 4.90 Å². The Hall–Kier alpha value is -0.630. The van der Waals surface area contributed by atoms with Gasteiger partial charge < -0.3 is 10.2 Å². The van der Waals surface area contributed by atoms with E-state index in [1.165, 1.54) is 6.07 Å². The summed E-state index contributed by atoms with van der Waals surface area (Å²) in [5.74, 6) is -0.0674. The van der Waals surface area contributed by atoms with Crippen molar-refractivity contribution in [2.75, 3.05) is 32.4 Å². The largest absolute Gasteiger partial charge is 0.336 e. The minimum atomic E-state index is -3.28. The lowest BCUT2D eigenvalue weighted by molar-refractivity contribution is 0.0735. The number of nitrogens with one attached hydrogen (secondary N) is 1. The highest BCUT2D eigenvalue weighted by atomic mass is 79.9. The molecule has 20 heavy (non-hydrogen) atoms. The summed E-state index contributed by atoms with van der Waals surface area (Å²) in [6, 6.07) is 4.60. The topological polar surface area (TPSA) is 66.5 Å². The van der Waals surface area contributed by atoms with Gasteiger partial charge in [-0.15, -0.1) is 12.4 Å². The zero-order chi connectivity index (χ0) is 14.0. The van der Waals surface area contributed by atoms with Crippen molar-refractivity contribution in [2.45, 2.75) is 4.90 Å². The summed E-state index contributed by atoms with van der Waals surface area (Å²) in [5.41, 5.74) is 0.501. The van der Waals surface area contributed by atoms with E-state index in [1.807, 2.05) is 0 Å². The third-order valence-electron chi connectivity index (χ3n) is 2.98. The van der Waals surface area contributed by atoms with E-state index in [0.29, 0.717) is 23.1 Å². The minimum absolute atomic E-state index is 0. The molecule has 1 aromatic carbocycles. The lowest BCUT2D eigenvalue weighted by atomic mass is 10.2. The SMILES string of the molecule is CS(=O)(=O)c1ccc(C(=O)N2CCNCC2)cc1Br.Cl. The van der Waals surface area contributed by atoms with E-state index in [0.717, 1.165) is 19.3 Å². The van der Waals surface area contributed by atoms with Crippen molar-refractivity contribution in [3.05, 3.63) is 28.2 Å². The standard InChI is InChI=1S/C12H15BrN2O3S.ClH/c1-19(17,18)11-3-2-9(8-10(11)13)12(16)15-6-4-14-5-7-15;/h2-3,8,14H,4-7H2,1H3;1H. The molecular formula is C12H16BrClN2O3S. The quantitative estimate of drug-likeness (QED) is 0.836. The Labute approximate surface area is 133 Å². The lowest BCUT2D eigenvalue weighted by Crippen LogP contribution is -2.46. The molecule has 0 aliphatic carbocycles. The Morgan fingerprint density at radius 3 is 2.40 bits per heavy atom. The fourth-order valence-corrected chi connectivity index (χ4v) is 3.97. The van der Waals surface area contributed by atoms with E-state index >= 15 is 0 Å². The number of sulfone groups is 1. The van der Waals surface area contributed by atoms with E-state index < -0.39 is 9.84 Å². The monoisotopic (exact) mass is 382 g/mol.